The van der Waals surface area contributed by atoms with Crippen molar-refractivity contribution in [3.63, 3.8) is 0 Å². The SMILES string of the molecule is Nc1cc(F)cc(-n2ccc(C3CC3)n2)c1. The molecule has 1 aliphatic rings. The molecular formula is C12H12FN3. The molecule has 1 aromatic carbocycles. The second-order valence-corrected chi connectivity index (χ2v) is 4.20. The Bertz CT molecular complexity index is 509. The largest absolute Gasteiger partial charge is 0.399 e. The third kappa shape index (κ3) is 1.66. The van der Waals surface area contributed by atoms with Crippen molar-refractivity contribution >= 4 is 5.69 Å². The molecule has 1 heterocycles. The normalized spacial score (nSPS) is 15.3. The van der Waals surface area contributed by atoms with Crippen LogP contribution in [0.25, 0.3) is 5.69 Å². The molecule has 0 saturated heterocycles. The molecule has 0 aliphatic heterocycles. The third-order valence-corrected chi connectivity index (χ3v) is 2.77. The van der Waals surface area contributed by atoms with E-state index in [1.807, 2.05) is 12.3 Å². The van der Waals surface area contributed by atoms with Gasteiger partial charge >= 0.3 is 0 Å². The molecule has 0 atom stereocenters. The predicted molar refractivity (Wildman–Crippen MR) is 59.9 cm³/mol. The van der Waals surface area contributed by atoms with Gasteiger partial charge in [0.1, 0.15) is 5.82 Å². The van der Waals surface area contributed by atoms with E-state index in [9.17, 15) is 4.39 Å². The topological polar surface area (TPSA) is 43.8 Å². The molecule has 1 aromatic heterocycles. The van der Waals surface area contributed by atoms with E-state index < -0.39 is 0 Å². The zero-order valence-corrected chi connectivity index (χ0v) is 8.73. The number of nitrogens with two attached hydrogens (primary N) is 1. The molecule has 0 bridgehead atoms. The first-order chi connectivity index (χ1) is 7.72. The van der Waals surface area contributed by atoms with Crippen LogP contribution in [0.15, 0.2) is 30.5 Å². The number of aromatic nitrogens is 2. The summed E-state index contributed by atoms with van der Waals surface area (Å²) in [5, 5.41) is 4.42. The van der Waals surface area contributed by atoms with E-state index >= 15 is 0 Å². The van der Waals surface area contributed by atoms with Crippen LogP contribution < -0.4 is 5.73 Å². The lowest BCUT2D eigenvalue weighted by Crippen LogP contribution is -1.98. The van der Waals surface area contributed by atoms with Gasteiger partial charge in [-0.1, -0.05) is 0 Å². The fraction of sp³-hybridized carbons (Fsp3) is 0.250. The molecule has 0 spiro atoms. The van der Waals surface area contributed by atoms with Gasteiger partial charge in [-0.05, 0) is 37.1 Å². The lowest BCUT2D eigenvalue weighted by atomic mass is 10.3. The summed E-state index contributed by atoms with van der Waals surface area (Å²) in [5.41, 5.74) is 7.77. The summed E-state index contributed by atoms with van der Waals surface area (Å²) in [5.74, 6) is 0.269. The van der Waals surface area contributed by atoms with Crippen LogP contribution in [0.4, 0.5) is 10.1 Å². The Balaban J connectivity index is 2.00. The van der Waals surface area contributed by atoms with Gasteiger partial charge in [0.2, 0.25) is 0 Å². The minimum Gasteiger partial charge on any atom is -0.399 e. The van der Waals surface area contributed by atoms with Gasteiger partial charge in [-0.15, -0.1) is 0 Å². The van der Waals surface area contributed by atoms with Gasteiger partial charge in [0.05, 0.1) is 11.4 Å². The fourth-order valence-electron chi connectivity index (χ4n) is 1.81. The molecule has 82 valence electrons. The third-order valence-electron chi connectivity index (χ3n) is 2.77. The van der Waals surface area contributed by atoms with Crippen molar-refractivity contribution in [3.8, 4) is 5.69 Å². The van der Waals surface area contributed by atoms with Crippen LogP contribution in [0.2, 0.25) is 0 Å². The van der Waals surface area contributed by atoms with Gasteiger partial charge < -0.3 is 5.73 Å². The Morgan fingerprint density at radius 3 is 2.81 bits per heavy atom. The Hall–Kier alpha value is -1.84. The molecular weight excluding hydrogens is 205 g/mol. The van der Waals surface area contributed by atoms with E-state index in [2.05, 4.69) is 5.10 Å². The molecule has 4 heteroatoms. The van der Waals surface area contributed by atoms with Gasteiger partial charge in [0.15, 0.2) is 0 Å². The first-order valence-electron chi connectivity index (χ1n) is 5.34. The van der Waals surface area contributed by atoms with Crippen molar-refractivity contribution in [1.29, 1.82) is 0 Å². The average Bonchev–Trinajstić information content (AvgIpc) is 2.95. The van der Waals surface area contributed by atoms with Crippen LogP contribution in [-0.2, 0) is 0 Å². The summed E-state index contributed by atoms with van der Waals surface area (Å²) in [6, 6.07) is 6.43. The zero-order valence-electron chi connectivity index (χ0n) is 8.73. The van der Waals surface area contributed by atoms with E-state index in [1.165, 1.54) is 25.0 Å². The number of hydrogen-bond donors (Lipinski definition) is 1. The summed E-state index contributed by atoms with van der Waals surface area (Å²) in [6.45, 7) is 0. The molecule has 1 fully saturated rings. The standard InChI is InChI=1S/C12H12FN3/c13-9-5-10(14)7-11(6-9)16-4-3-12(15-16)8-1-2-8/h3-8H,1-2,14H2. The van der Waals surface area contributed by atoms with Crippen LogP contribution in [0.5, 0.6) is 0 Å². The monoisotopic (exact) mass is 217 g/mol. The molecule has 0 amide bonds. The zero-order chi connectivity index (χ0) is 11.1. The molecule has 1 aliphatic carbocycles. The minimum absolute atomic E-state index is 0.335. The van der Waals surface area contributed by atoms with E-state index in [-0.39, 0.29) is 5.82 Å². The minimum atomic E-state index is -0.335. The lowest BCUT2D eigenvalue weighted by molar-refractivity contribution is 0.626. The second kappa shape index (κ2) is 3.33. The summed E-state index contributed by atoms with van der Waals surface area (Å²) in [7, 11) is 0. The molecule has 16 heavy (non-hydrogen) atoms. The molecule has 0 radical (unpaired) electrons. The molecule has 2 aromatic rings. The number of nitrogens with zero attached hydrogens (tertiary/aromatic N) is 2. The van der Waals surface area contributed by atoms with Crippen molar-refractivity contribution in [2.45, 2.75) is 18.8 Å². The number of nitrogen functional groups attached to an aromatic ring is 1. The number of anilines is 1. The lowest BCUT2D eigenvalue weighted by Gasteiger charge is -2.03. The fourth-order valence-corrected chi connectivity index (χ4v) is 1.81. The summed E-state index contributed by atoms with van der Waals surface area (Å²) in [4.78, 5) is 0. The highest BCUT2D eigenvalue weighted by Crippen LogP contribution is 2.39. The van der Waals surface area contributed by atoms with Crippen LogP contribution >= 0.6 is 0 Å². The summed E-state index contributed by atoms with van der Waals surface area (Å²) in [6.07, 6.45) is 4.27. The maximum absolute atomic E-state index is 13.2. The smallest absolute Gasteiger partial charge is 0.127 e. The van der Waals surface area contributed by atoms with Crippen LogP contribution in [0.1, 0.15) is 24.5 Å². The Morgan fingerprint density at radius 2 is 2.12 bits per heavy atom. The van der Waals surface area contributed by atoms with E-state index in [4.69, 9.17) is 5.73 Å². The van der Waals surface area contributed by atoms with Crippen LogP contribution in [0.3, 0.4) is 0 Å². The average molecular weight is 217 g/mol. The van der Waals surface area contributed by atoms with Gasteiger partial charge in [0.25, 0.3) is 0 Å². The Labute approximate surface area is 92.7 Å². The van der Waals surface area contributed by atoms with Crippen molar-refractivity contribution in [3.05, 3.63) is 42.0 Å². The van der Waals surface area contributed by atoms with Gasteiger partial charge in [0, 0.05) is 17.8 Å². The van der Waals surface area contributed by atoms with Gasteiger partial charge in [-0.25, -0.2) is 9.07 Å². The molecule has 0 unspecified atom stereocenters. The molecule has 3 rings (SSSR count). The van der Waals surface area contributed by atoms with Crippen LogP contribution in [0, 0.1) is 5.82 Å². The van der Waals surface area contributed by atoms with Crippen LogP contribution in [-0.4, -0.2) is 9.78 Å². The van der Waals surface area contributed by atoms with Crippen molar-refractivity contribution < 1.29 is 4.39 Å². The van der Waals surface area contributed by atoms with Gasteiger partial charge in [-0.3, -0.25) is 0 Å². The van der Waals surface area contributed by atoms with Crippen molar-refractivity contribution in [2.75, 3.05) is 5.73 Å². The van der Waals surface area contributed by atoms with E-state index in [0.29, 0.717) is 17.3 Å². The molecule has 2 N–H and O–H groups in total. The number of hydrogen-bond acceptors (Lipinski definition) is 2. The number of halogens is 1. The van der Waals surface area contributed by atoms with Crippen molar-refractivity contribution in [1.82, 2.24) is 9.78 Å². The maximum atomic E-state index is 13.2. The maximum Gasteiger partial charge on any atom is 0.127 e. The molecule has 3 nitrogen and oxygen atoms in total. The van der Waals surface area contributed by atoms with E-state index in [0.717, 1.165) is 5.69 Å². The second-order valence-electron chi connectivity index (χ2n) is 4.20. The summed E-state index contributed by atoms with van der Waals surface area (Å²) < 4.78 is 14.8. The first-order valence-corrected chi connectivity index (χ1v) is 5.34. The summed E-state index contributed by atoms with van der Waals surface area (Å²) >= 11 is 0. The van der Waals surface area contributed by atoms with Crippen molar-refractivity contribution in [2.24, 2.45) is 0 Å². The molecule has 1 saturated carbocycles. The Kier molecular flexibility index (Phi) is 1.96. The Morgan fingerprint density at radius 1 is 1.31 bits per heavy atom. The van der Waals surface area contributed by atoms with Gasteiger partial charge in [-0.2, -0.15) is 5.10 Å². The quantitative estimate of drug-likeness (QED) is 0.785. The number of rotatable bonds is 2. The highest BCUT2D eigenvalue weighted by molar-refractivity contribution is 5.47. The number of benzene rings is 1. The highest BCUT2D eigenvalue weighted by atomic mass is 19.1. The van der Waals surface area contributed by atoms with E-state index in [1.54, 1.807) is 10.7 Å². The highest BCUT2D eigenvalue weighted by Gasteiger charge is 2.25. The first kappa shape index (κ1) is 9.39. The predicted octanol–water partition coefficient (Wildman–Crippen LogP) is 2.47.